The SMILES string of the molecule is NCC(Oc1ccc(C(F)(F)F)cc1)c1ccncc1. The Morgan fingerprint density at radius 1 is 1.05 bits per heavy atom. The highest BCUT2D eigenvalue weighted by atomic mass is 19.4. The van der Waals surface area contributed by atoms with Crippen LogP contribution >= 0.6 is 0 Å². The Labute approximate surface area is 114 Å². The van der Waals surface area contributed by atoms with Crippen LogP contribution in [0.3, 0.4) is 0 Å². The van der Waals surface area contributed by atoms with Crippen molar-refractivity contribution in [1.82, 2.24) is 4.98 Å². The van der Waals surface area contributed by atoms with Crippen LogP contribution < -0.4 is 10.5 Å². The first-order valence-corrected chi connectivity index (χ1v) is 5.94. The van der Waals surface area contributed by atoms with Crippen LogP contribution in [-0.4, -0.2) is 11.5 Å². The van der Waals surface area contributed by atoms with Crippen LogP contribution in [0.1, 0.15) is 17.2 Å². The zero-order valence-electron chi connectivity index (χ0n) is 10.5. The summed E-state index contributed by atoms with van der Waals surface area (Å²) in [5, 5.41) is 0. The van der Waals surface area contributed by atoms with Crippen molar-refractivity contribution in [2.75, 3.05) is 6.54 Å². The van der Waals surface area contributed by atoms with Gasteiger partial charge in [-0.05, 0) is 42.0 Å². The minimum Gasteiger partial charge on any atom is -0.484 e. The molecule has 0 spiro atoms. The number of hydrogen-bond acceptors (Lipinski definition) is 3. The quantitative estimate of drug-likeness (QED) is 0.937. The van der Waals surface area contributed by atoms with Gasteiger partial charge in [0.1, 0.15) is 11.9 Å². The predicted molar refractivity (Wildman–Crippen MR) is 68.1 cm³/mol. The van der Waals surface area contributed by atoms with E-state index in [2.05, 4.69) is 4.98 Å². The van der Waals surface area contributed by atoms with Gasteiger partial charge in [0.25, 0.3) is 0 Å². The molecule has 0 aliphatic carbocycles. The second-order valence-corrected chi connectivity index (χ2v) is 4.14. The maximum Gasteiger partial charge on any atom is 0.416 e. The van der Waals surface area contributed by atoms with E-state index in [4.69, 9.17) is 10.5 Å². The molecule has 2 aromatic rings. The van der Waals surface area contributed by atoms with Gasteiger partial charge in [-0.1, -0.05) is 0 Å². The summed E-state index contributed by atoms with van der Waals surface area (Å²) in [5.74, 6) is 0.338. The first kappa shape index (κ1) is 14.3. The number of alkyl halides is 3. The van der Waals surface area contributed by atoms with E-state index in [1.165, 1.54) is 12.1 Å². The first-order chi connectivity index (χ1) is 9.50. The Hall–Kier alpha value is -2.08. The number of benzene rings is 1. The summed E-state index contributed by atoms with van der Waals surface area (Å²) in [5.41, 5.74) is 5.74. The highest BCUT2D eigenvalue weighted by molar-refractivity contribution is 5.30. The summed E-state index contributed by atoms with van der Waals surface area (Å²) in [6, 6.07) is 8.04. The summed E-state index contributed by atoms with van der Waals surface area (Å²) in [6.45, 7) is 0.213. The van der Waals surface area contributed by atoms with E-state index < -0.39 is 17.8 Å². The zero-order chi connectivity index (χ0) is 14.6. The molecule has 1 unspecified atom stereocenters. The minimum absolute atomic E-state index is 0.213. The van der Waals surface area contributed by atoms with E-state index in [1.807, 2.05) is 0 Å². The fourth-order valence-corrected chi connectivity index (χ4v) is 1.72. The van der Waals surface area contributed by atoms with Gasteiger partial charge in [-0.25, -0.2) is 0 Å². The average Bonchev–Trinajstić information content (AvgIpc) is 2.45. The molecular formula is C14H13F3N2O. The lowest BCUT2D eigenvalue weighted by molar-refractivity contribution is -0.137. The van der Waals surface area contributed by atoms with Gasteiger partial charge in [-0.2, -0.15) is 13.2 Å². The Morgan fingerprint density at radius 2 is 1.65 bits per heavy atom. The Morgan fingerprint density at radius 3 is 2.15 bits per heavy atom. The highest BCUT2D eigenvalue weighted by Crippen LogP contribution is 2.31. The summed E-state index contributed by atoms with van der Waals surface area (Å²) >= 11 is 0. The van der Waals surface area contributed by atoms with Crippen molar-refractivity contribution in [2.45, 2.75) is 12.3 Å². The predicted octanol–water partition coefficient (Wildman–Crippen LogP) is 3.18. The smallest absolute Gasteiger partial charge is 0.416 e. The minimum atomic E-state index is -4.35. The molecule has 1 heterocycles. The number of nitrogens with zero attached hydrogens (tertiary/aromatic N) is 1. The maximum atomic E-state index is 12.4. The molecule has 3 nitrogen and oxygen atoms in total. The molecule has 6 heteroatoms. The molecule has 2 rings (SSSR count). The third-order valence-corrected chi connectivity index (χ3v) is 2.75. The maximum absolute atomic E-state index is 12.4. The normalized spacial score (nSPS) is 13.0. The van der Waals surface area contributed by atoms with E-state index in [1.54, 1.807) is 24.5 Å². The number of nitrogens with two attached hydrogens (primary N) is 1. The number of rotatable bonds is 4. The number of ether oxygens (including phenoxy) is 1. The molecule has 2 N–H and O–H groups in total. The topological polar surface area (TPSA) is 48.1 Å². The highest BCUT2D eigenvalue weighted by Gasteiger charge is 2.30. The van der Waals surface area contributed by atoms with Crippen molar-refractivity contribution in [3.63, 3.8) is 0 Å². The molecule has 0 aliphatic heterocycles. The van der Waals surface area contributed by atoms with E-state index in [9.17, 15) is 13.2 Å². The third kappa shape index (κ3) is 3.48. The molecular weight excluding hydrogens is 269 g/mol. The molecule has 20 heavy (non-hydrogen) atoms. The van der Waals surface area contributed by atoms with Crippen molar-refractivity contribution in [1.29, 1.82) is 0 Å². The lowest BCUT2D eigenvalue weighted by Crippen LogP contribution is -2.18. The van der Waals surface area contributed by atoms with Gasteiger partial charge in [0.15, 0.2) is 0 Å². The summed E-state index contributed by atoms with van der Waals surface area (Å²) in [6.07, 6.45) is -1.56. The van der Waals surface area contributed by atoms with Crippen molar-refractivity contribution in [3.8, 4) is 5.75 Å². The van der Waals surface area contributed by atoms with E-state index in [0.29, 0.717) is 5.75 Å². The van der Waals surface area contributed by atoms with Crippen molar-refractivity contribution >= 4 is 0 Å². The van der Waals surface area contributed by atoms with Crippen LogP contribution in [0.4, 0.5) is 13.2 Å². The number of aromatic nitrogens is 1. The molecule has 0 radical (unpaired) electrons. The molecule has 0 saturated heterocycles. The van der Waals surface area contributed by atoms with Crippen LogP contribution in [-0.2, 0) is 6.18 Å². The van der Waals surface area contributed by atoms with E-state index in [0.717, 1.165) is 17.7 Å². The lowest BCUT2D eigenvalue weighted by atomic mass is 10.1. The molecule has 0 fully saturated rings. The molecule has 106 valence electrons. The zero-order valence-corrected chi connectivity index (χ0v) is 10.5. The number of halogens is 3. The molecule has 1 aromatic carbocycles. The molecule has 1 atom stereocenters. The van der Waals surface area contributed by atoms with Gasteiger partial charge in [0, 0.05) is 18.9 Å². The molecule has 0 amide bonds. The number of hydrogen-bond donors (Lipinski definition) is 1. The van der Waals surface area contributed by atoms with Crippen molar-refractivity contribution < 1.29 is 17.9 Å². The molecule has 0 bridgehead atoms. The summed E-state index contributed by atoms with van der Waals surface area (Å²) < 4.78 is 42.9. The van der Waals surface area contributed by atoms with Gasteiger partial charge < -0.3 is 10.5 Å². The monoisotopic (exact) mass is 282 g/mol. The second kappa shape index (κ2) is 5.92. The van der Waals surface area contributed by atoms with Crippen LogP contribution in [0, 0.1) is 0 Å². The largest absolute Gasteiger partial charge is 0.484 e. The van der Waals surface area contributed by atoms with Gasteiger partial charge in [0.2, 0.25) is 0 Å². The lowest BCUT2D eigenvalue weighted by Gasteiger charge is -2.18. The molecule has 0 saturated carbocycles. The first-order valence-electron chi connectivity index (χ1n) is 5.94. The summed E-state index contributed by atoms with van der Waals surface area (Å²) in [7, 11) is 0. The Balaban J connectivity index is 2.13. The Kier molecular flexibility index (Phi) is 4.24. The average molecular weight is 282 g/mol. The number of pyridine rings is 1. The van der Waals surface area contributed by atoms with Crippen molar-refractivity contribution in [2.24, 2.45) is 5.73 Å². The Bertz CT molecular complexity index is 541. The van der Waals surface area contributed by atoms with Gasteiger partial charge >= 0.3 is 6.18 Å². The fraction of sp³-hybridized carbons (Fsp3) is 0.214. The van der Waals surface area contributed by atoms with Crippen LogP contribution in [0.5, 0.6) is 5.75 Å². The van der Waals surface area contributed by atoms with Crippen LogP contribution in [0.15, 0.2) is 48.8 Å². The van der Waals surface area contributed by atoms with Crippen molar-refractivity contribution in [3.05, 3.63) is 59.9 Å². The van der Waals surface area contributed by atoms with E-state index in [-0.39, 0.29) is 6.54 Å². The standard InChI is InChI=1S/C14H13F3N2O/c15-14(16,17)11-1-3-12(4-2-11)20-13(9-18)10-5-7-19-8-6-10/h1-8,13H,9,18H2. The molecule has 1 aromatic heterocycles. The van der Waals surface area contributed by atoms with Crippen LogP contribution in [0.2, 0.25) is 0 Å². The van der Waals surface area contributed by atoms with Crippen LogP contribution in [0.25, 0.3) is 0 Å². The van der Waals surface area contributed by atoms with E-state index >= 15 is 0 Å². The third-order valence-electron chi connectivity index (χ3n) is 2.75. The second-order valence-electron chi connectivity index (χ2n) is 4.14. The summed E-state index contributed by atoms with van der Waals surface area (Å²) in [4.78, 5) is 3.89. The molecule has 0 aliphatic rings. The van der Waals surface area contributed by atoms with Gasteiger partial charge in [-0.15, -0.1) is 0 Å². The van der Waals surface area contributed by atoms with Gasteiger partial charge in [-0.3, -0.25) is 4.98 Å². The fourth-order valence-electron chi connectivity index (χ4n) is 1.72. The van der Waals surface area contributed by atoms with Gasteiger partial charge in [0.05, 0.1) is 5.56 Å².